The largest absolute Gasteiger partial charge is 0.493 e. The maximum Gasteiger partial charge on any atom is 0.272 e. The normalized spacial score (nSPS) is 16.5. The minimum absolute atomic E-state index is 0.222. The minimum atomic E-state index is -0.616. The second-order valence-electron chi connectivity index (χ2n) is 5.17. The van der Waals surface area contributed by atoms with Crippen molar-refractivity contribution in [1.29, 1.82) is 0 Å². The quantitative estimate of drug-likeness (QED) is 0.690. The van der Waals surface area contributed by atoms with Gasteiger partial charge in [-0.2, -0.15) is 0 Å². The number of hydrogen-bond donors (Lipinski definition) is 1. The smallest absolute Gasteiger partial charge is 0.272 e. The number of nitrogens with one attached hydrogen (secondary N) is 1. The van der Waals surface area contributed by atoms with Gasteiger partial charge in [0.25, 0.3) is 5.69 Å². The highest BCUT2D eigenvalue weighted by atomic mass is 19.1. The second-order valence-corrected chi connectivity index (χ2v) is 5.17. The number of nitro groups is 1. The molecule has 0 spiro atoms. The topological polar surface area (TPSA) is 64.4 Å². The lowest BCUT2D eigenvalue weighted by molar-refractivity contribution is -0.385. The van der Waals surface area contributed by atoms with Crippen LogP contribution in [0.4, 0.5) is 15.8 Å². The van der Waals surface area contributed by atoms with E-state index in [2.05, 4.69) is 5.32 Å². The first-order chi connectivity index (χ1) is 10.6. The molecule has 0 saturated carbocycles. The van der Waals surface area contributed by atoms with E-state index in [1.54, 1.807) is 0 Å². The molecule has 0 amide bonds. The van der Waals surface area contributed by atoms with Crippen molar-refractivity contribution in [1.82, 2.24) is 0 Å². The first kappa shape index (κ1) is 14.3. The Balaban J connectivity index is 1.72. The highest BCUT2D eigenvalue weighted by molar-refractivity contribution is 5.50. The van der Waals surface area contributed by atoms with Crippen molar-refractivity contribution in [2.45, 2.75) is 12.3 Å². The van der Waals surface area contributed by atoms with Crippen LogP contribution < -0.4 is 10.1 Å². The van der Waals surface area contributed by atoms with E-state index in [1.807, 2.05) is 24.3 Å². The summed E-state index contributed by atoms with van der Waals surface area (Å²) in [5.74, 6) is 0.471. The number of hydrogen-bond acceptors (Lipinski definition) is 4. The molecule has 0 aromatic heterocycles. The lowest BCUT2D eigenvalue weighted by atomic mass is 9.93. The number of benzene rings is 2. The second kappa shape index (κ2) is 6.01. The SMILES string of the molecule is O=[N+]([O-])c1ccc(NCC2CCOc3ccccc32)c(F)c1. The van der Waals surface area contributed by atoms with Crippen LogP contribution in [-0.4, -0.2) is 18.1 Å². The lowest BCUT2D eigenvalue weighted by Crippen LogP contribution is -2.21. The van der Waals surface area contributed by atoms with Gasteiger partial charge in [0.2, 0.25) is 0 Å². The van der Waals surface area contributed by atoms with Crippen LogP contribution in [0.5, 0.6) is 5.75 Å². The van der Waals surface area contributed by atoms with E-state index in [-0.39, 0.29) is 17.3 Å². The zero-order chi connectivity index (χ0) is 15.5. The predicted octanol–water partition coefficient (Wildman–Crippen LogP) is 3.71. The third kappa shape index (κ3) is 2.86. The molecule has 22 heavy (non-hydrogen) atoms. The predicted molar refractivity (Wildman–Crippen MR) is 80.8 cm³/mol. The Morgan fingerprint density at radius 1 is 1.32 bits per heavy atom. The standard InChI is InChI=1S/C16H15FN2O3/c17-14-9-12(19(20)21)5-6-15(14)18-10-11-7-8-22-16-4-2-1-3-13(11)16/h1-6,9,11,18H,7-8,10H2. The van der Waals surface area contributed by atoms with Crippen LogP contribution in [-0.2, 0) is 0 Å². The molecule has 5 nitrogen and oxygen atoms in total. The summed E-state index contributed by atoms with van der Waals surface area (Å²) in [6.07, 6.45) is 0.846. The molecule has 0 bridgehead atoms. The molecular weight excluding hydrogens is 287 g/mol. The summed E-state index contributed by atoms with van der Waals surface area (Å²) in [4.78, 5) is 10.0. The average molecular weight is 302 g/mol. The number of fused-ring (bicyclic) bond motifs is 1. The Morgan fingerprint density at radius 3 is 2.91 bits per heavy atom. The van der Waals surface area contributed by atoms with Gasteiger partial charge in [-0.1, -0.05) is 18.2 Å². The van der Waals surface area contributed by atoms with Crippen molar-refractivity contribution in [3.63, 3.8) is 0 Å². The number of anilines is 1. The summed E-state index contributed by atoms with van der Waals surface area (Å²) in [5, 5.41) is 13.6. The molecule has 3 rings (SSSR count). The molecular formula is C16H15FN2O3. The molecule has 0 aliphatic carbocycles. The molecule has 6 heteroatoms. The van der Waals surface area contributed by atoms with Crippen LogP contribution in [0.1, 0.15) is 17.9 Å². The first-order valence-electron chi connectivity index (χ1n) is 7.04. The molecule has 0 saturated heterocycles. The van der Waals surface area contributed by atoms with Crippen LogP contribution in [0.25, 0.3) is 0 Å². The molecule has 2 aromatic rings. The molecule has 0 fully saturated rings. The van der Waals surface area contributed by atoms with Gasteiger partial charge in [0.1, 0.15) is 5.75 Å². The fourth-order valence-electron chi connectivity index (χ4n) is 2.62. The van der Waals surface area contributed by atoms with E-state index >= 15 is 0 Å². The lowest BCUT2D eigenvalue weighted by Gasteiger charge is -2.26. The number of nitro benzene ring substituents is 1. The van der Waals surface area contributed by atoms with Crippen LogP contribution in [0.2, 0.25) is 0 Å². The van der Waals surface area contributed by atoms with E-state index in [4.69, 9.17) is 4.74 Å². The fraction of sp³-hybridized carbons (Fsp3) is 0.250. The zero-order valence-corrected chi connectivity index (χ0v) is 11.8. The van der Waals surface area contributed by atoms with Gasteiger partial charge >= 0.3 is 0 Å². The summed E-state index contributed by atoms with van der Waals surface area (Å²) in [6, 6.07) is 11.4. The van der Waals surface area contributed by atoms with E-state index < -0.39 is 10.7 Å². The Labute approximate surface area is 126 Å². The summed E-state index contributed by atoms with van der Waals surface area (Å²) in [5.41, 5.74) is 1.12. The van der Waals surface area contributed by atoms with Crippen LogP contribution >= 0.6 is 0 Å². The molecule has 1 unspecified atom stereocenters. The number of para-hydroxylation sites is 1. The molecule has 2 aromatic carbocycles. The van der Waals surface area contributed by atoms with Crippen LogP contribution in [0, 0.1) is 15.9 Å². The Kier molecular flexibility index (Phi) is 3.91. The van der Waals surface area contributed by atoms with Crippen LogP contribution in [0.3, 0.4) is 0 Å². The molecule has 1 atom stereocenters. The molecule has 1 heterocycles. The number of halogens is 1. The van der Waals surface area contributed by atoms with Gasteiger partial charge in [0.05, 0.1) is 23.3 Å². The number of nitrogens with zero attached hydrogens (tertiary/aromatic N) is 1. The molecule has 1 aliphatic heterocycles. The fourth-order valence-corrected chi connectivity index (χ4v) is 2.62. The zero-order valence-electron chi connectivity index (χ0n) is 11.8. The third-order valence-corrected chi connectivity index (χ3v) is 3.79. The van der Waals surface area contributed by atoms with Gasteiger partial charge in [-0.15, -0.1) is 0 Å². The summed E-state index contributed by atoms with van der Waals surface area (Å²) < 4.78 is 19.5. The van der Waals surface area contributed by atoms with Gasteiger partial charge in [0.15, 0.2) is 5.82 Å². The van der Waals surface area contributed by atoms with Gasteiger partial charge in [0, 0.05) is 18.5 Å². The molecule has 1 aliphatic rings. The molecule has 114 valence electrons. The van der Waals surface area contributed by atoms with Gasteiger partial charge in [-0.3, -0.25) is 10.1 Å². The van der Waals surface area contributed by atoms with Crippen LogP contribution in [0.15, 0.2) is 42.5 Å². The Morgan fingerprint density at radius 2 is 2.14 bits per heavy atom. The summed E-state index contributed by atoms with van der Waals surface area (Å²) in [7, 11) is 0. The van der Waals surface area contributed by atoms with Crippen molar-refractivity contribution in [2.75, 3.05) is 18.5 Å². The van der Waals surface area contributed by atoms with Crippen molar-refractivity contribution in [3.05, 3.63) is 64.0 Å². The monoisotopic (exact) mass is 302 g/mol. The van der Waals surface area contributed by atoms with E-state index in [1.165, 1.54) is 12.1 Å². The van der Waals surface area contributed by atoms with Crippen molar-refractivity contribution in [3.8, 4) is 5.75 Å². The van der Waals surface area contributed by atoms with E-state index in [0.717, 1.165) is 23.8 Å². The van der Waals surface area contributed by atoms with Gasteiger partial charge < -0.3 is 10.1 Å². The number of ether oxygens (including phenoxy) is 1. The summed E-state index contributed by atoms with van der Waals surface area (Å²) >= 11 is 0. The summed E-state index contributed by atoms with van der Waals surface area (Å²) in [6.45, 7) is 1.18. The minimum Gasteiger partial charge on any atom is -0.493 e. The molecule has 0 radical (unpaired) electrons. The van der Waals surface area contributed by atoms with Crippen molar-refractivity contribution in [2.24, 2.45) is 0 Å². The highest BCUT2D eigenvalue weighted by Gasteiger charge is 2.21. The third-order valence-electron chi connectivity index (χ3n) is 3.79. The molecule has 1 N–H and O–H groups in total. The average Bonchev–Trinajstić information content (AvgIpc) is 2.53. The van der Waals surface area contributed by atoms with Crippen molar-refractivity contribution >= 4 is 11.4 Å². The first-order valence-corrected chi connectivity index (χ1v) is 7.04. The maximum atomic E-state index is 13.9. The highest BCUT2D eigenvalue weighted by Crippen LogP contribution is 2.33. The van der Waals surface area contributed by atoms with Crippen molar-refractivity contribution < 1.29 is 14.1 Å². The Bertz CT molecular complexity index is 706. The van der Waals surface area contributed by atoms with Gasteiger partial charge in [-0.25, -0.2) is 4.39 Å². The van der Waals surface area contributed by atoms with E-state index in [0.29, 0.717) is 13.2 Å². The Hall–Kier alpha value is -2.63. The van der Waals surface area contributed by atoms with Gasteiger partial charge in [-0.05, 0) is 24.1 Å². The number of rotatable bonds is 4. The number of non-ortho nitro benzene ring substituents is 1. The maximum absolute atomic E-state index is 13.9. The van der Waals surface area contributed by atoms with E-state index in [9.17, 15) is 14.5 Å².